The Labute approximate surface area is 215 Å². The molecule has 5 N–H and O–H groups in total. The number of amides is 1. The summed E-state index contributed by atoms with van der Waals surface area (Å²) in [6, 6.07) is 7.07. The molecular weight excluding hydrogens is 501 g/mol. The van der Waals surface area contributed by atoms with Gasteiger partial charge in [0.15, 0.2) is 5.82 Å². The number of cyclic esters (lactones) is 1. The minimum absolute atomic E-state index is 0.0819. The van der Waals surface area contributed by atoms with Crippen molar-refractivity contribution in [1.29, 1.82) is 0 Å². The van der Waals surface area contributed by atoms with Gasteiger partial charge in [-0.15, -0.1) is 0 Å². The van der Waals surface area contributed by atoms with E-state index in [2.05, 4.69) is 30.9 Å². The summed E-state index contributed by atoms with van der Waals surface area (Å²) in [5.41, 5.74) is 9.81. The molecule has 1 amide bonds. The summed E-state index contributed by atoms with van der Waals surface area (Å²) in [6.07, 6.45) is 2.47. The maximum absolute atomic E-state index is 15.6. The highest BCUT2D eigenvalue weighted by atomic mass is 35.5. The number of nitrogen functional groups attached to an aromatic ring is 1. The average Bonchev–Trinajstić information content (AvgIpc) is 3.35. The third kappa shape index (κ3) is 3.87. The van der Waals surface area contributed by atoms with Crippen LogP contribution in [0, 0.1) is 12.7 Å². The highest BCUT2D eigenvalue weighted by Gasteiger charge is 2.27. The third-order valence-electron chi connectivity index (χ3n) is 6.43. The largest absolute Gasteiger partial charge is 0.474 e. The van der Waals surface area contributed by atoms with Crippen molar-refractivity contribution in [1.82, 2.24) is 20.3 Å². The van der Waals surface area contributed by atoms with Gasteiger partial charge in [0.25, 0.3) is 0 Å². The molecular formula is C25H21ClFN7O3. The lowest BCUT2D eigenvalue weighted by Gasteiger charge is -2.22. The number of hydrogen-bond donors (Lipinski definition) is 4. The Morgan fingerprint density at radius 1 is 1.22 bits per heavy atom. The number of benzene rings is 2. The third-order valence-corrected chi connectivity index (χ3v) is 6.80. The second kappa shape index (κ2) is 8.93. The molecule has 1 atom stereocenters. The van der Waals surface area contributed by atoms with E-state index in [1.54, 1.807) is 0 Å². The molecule has 2 aliphatic heterocycles. The van der Waals surface area contributed by atoms with Gasteiger partial charge < -0.3 is 31.2 Å². The molecule has 1 saturated heterocycles. The molecule has 1 fully saturated rings. The summed E-state index contributed by atoms with van der Waals surface area (Å²) in [5.74, 6) is -0.000710. The van der Waals surface area contributed by atoms with E-state index in [0.717, 1.165) is 11.1 Å². The van der Waals surface area contributed by atoms with E-state index in [0.29, 0.717) is 36.0 Å². The van der Waals surface area contributed by atoms with Gasteiger partial charge in [-0.3, -0.25) is 0 Å². The van der Waals surface area contributed by atoms with Crippen LogP contribution in [0.25, 0.3) is 22.0 Å². The number of nitrogens with one attached hydrogen (secondary N) is 3. The van der Waals surface area contributed by atoms with E-state index in [-0.39, 0.29) is 45.8 Å². The Hall–Kier alpha value is -4.38. The van der Waals surface area contributed by atoms with Gasteiger partial charge in [0, 0.05) is 46.7 Å². The molecule has 2 aliphatic rings. The molecule has 0 spiro atoms. The van der Waals surface area contributed by atoms with Crippen LogP contribution in [0.1, 0.15) is 17.2 Å². The van der Waals surface area contributed by atoms with Crippen molar-refractivity contribution in [2.24, 2.45) is 0 Å². The first-order valence-corrected chi connectivity index (χ1v) is 11.9. The Morgan fingerprint density at radius 3 is 2.86 bits per heavy atom. The molecule has 0 bridgehead atoms. The number of nitrogens with zero attached hydrogens (tertiary/aromatic N) is 3. The first kappa shape index (κ1) is 23.0. The lowest BCUT2D eigenvalue weighted by atomic mass is 9.98. The van der Waals surface area contributed by atoms with Gasteiger partial charge in [-0.1, -0.05) is 29.8 Å². The fraction of sp³-hybridized carbons (Fsp3) is 0.200. The molecule has 2 aromatic heterocycles. The zero-order chi connectivity index (χ0) is 25.7. The number of para-hydroxylation sites is 1. The first-order valence-electron chi connectivity index (χ1n) is 11.5. The van der Waals surface area contributed by atoms with Crippen molar-refractivity contribution < 1.29 is 18.7 Å². The van der Waals surface area contributed by atoms with Crippen molar-refractivity contribution in [3.8, 4) is 17.0 Å². The predicted molar refractivity (Wildman–Crippen MR) is 138 cm³/mol. The summed E-state index contributed by atoms with van der Waals surface area (Å²) in [4.78, 5) is 24.8. The molecule has 1 unspecified atom stereocenters. The highest BCUT2D eigenvalue weighted by Crippen LogP contribution is 2.44. The number of pyridine rings is 1. The van der Waals surface area contributed by atoms with E-state index in [1.165, 1.54) is 12.4 Å². The molecule has 0 saturated carbocycles. The Bertz CT molecular complexity index is 1580. The summed E-state index contributed by atoms with van der Waals surface area (Å²) in [6.45, 7) is 3.14. The highest BCUT2D eigenvalue weighted by molar-refractivity contribution is 6.38. The predicted octanol–water partition coefficient (Wildman–Crippen LogP) is 4.70. The maximum Gasteiger partial charge on any atom is 0.407 e. The monoisotopic (exact) mass is 521 g/mol. The molecule has 2 aromatic carbocycles. The topological polar surface area (TPSA) is 136 Å². The number of anilines is 4. The minimum atomic E-state index is -0.675. The van der Waals surface area contributed by atoms with Crippen LogP contribution in [0.15, 0.2) is 36.7 Å². The van der Waals surface area contributed by atoms with Gasteiger partial charge in [-0.25, -0.2) is 24.1 Å². The van der Waals surface area contributed by atoms with Crippen molar-refractivity contribution >= 4 is 51.6 Å². The fourth-order valence-electron chi connectivity index (χ4n) is 4.57. The Morgan fingerprint density at radius 2 is 2.05 bits per heavy atom. The number of nitrogens with two attached hydrogens (primary N) is 1. The second-order valence-electron chi connectivity index (χ2n) is 8.63. The zero-order valence-corrected chi connectivity index (χ0v) is 20.3. The molecule has 0 aliphatic carbocycles. The summed E-state index contributed by atoms with van der Waals surface area (Å²) in [7, 11) is 0. The number of alkyl carbamates (subject to hydrolysis) is 1. The number of carbonyl (C=O) groups is 1. The Balaban J connectivity index is 1.44. The molecule has 6 rings (SSSR count). The van der Waals surface area contributed by atoms with Gasteiger partial charge in [-0.2, -0.15) is 0 Å². The number of aromatic nitrogens is 3. The first-order chi connectivity index (χ1) is 17.9. The van der Waals surface area contributed by atoms with E-state index >= 15 is 4.39 Å². The van der Waals surface area contributed by atoms with E-state index in [1.807, 2.05) is 31.2 Å². The number of hydrogen-bond acceptors (Lipinski definition) is 9. The molecule has 188 valence electrons. The lowest BCUT2D eigenvalue weighted by Crippen LogP contribution is -2.20. The standard InChI is InChI=1S/C25H21ClFN7O3/c1-11-13(8-30-23-21(11)29-6-7-36-23)17-18(26)22-14(20(28)19(17)27)9-31-24(34-22)32-15-5-3-2-4-12(15)16-10-37-25(35)33-16/h2-5,8-9,16,29H,6-7,10,28H2,1H3,(H,33,35)(H,31,32,34). The molecule has 4 heterocycles. The van der Waals surface area contributed by atoms with Crippen LogP contribution in [0.2, 0.25) is 5.02 Å². The zero-order valence-electron chi connectivity index (χ0n) is 19.6. The van der Waals surface area contributed by atoms with Crippen LogP contribution in [-0.2, 0) is 4.74 Å². The summed E-state index contributed by atoms with van der Waals surface area (Å²) in [5, 5.41) is 9.54. The maximum atomic E-state index is 15.6. The van der Waals surface area contributed by atoms with E-state index < -0.39 is 11.9 Å². The van der Waals surface area contributed by atoms with Crippen LogP contribution in [0.5, 0.6) is 5.88 Å². The van der Waals surface area contributed by atoms with Crippen molar-refractivity contribution in [3.05, 3.63) is 58.6 Å². The fourth-order valence-corrected chi connectivity index (χ4v) is 4.90. The van der Waals surface area contributed by atoms with Crippen molar-refractivity contribution in [2.75, 3.05) is 36.1 Å². The van der Waals surface area contributed by atoms with E-state index in [9.17, 15) is 4.79 Å². The van der Waals surface area contributed by atoms with E-state index in [4.69, 9.17) is 26.8 Å². The summed E-state index contributed by atoms with van der Waals surface area (Å²) < 4.78 is 26.2. The van der Waals surface area contributed by atoms with Gasteiger partial charge >= 0.3 is 6.09 Å². The molecule has 4 aromatic rings. The second-order valence-corrected chi connectivity index (χ2v) is 9.01. The SMILES string of the molecule is Cc1c(-c2c(F)c(N)c3cnc(Nc4ccccc4C4COC(=O)N4)nc3c2Cl)cnc2c1NCCO2. The van der Waals surface area contributed by atoms with Crippen LogP contribution in [0.4, 0.5) is 32.2 Å². The number of rotatable bonds is 4. The van der Waals surface area contributed by atoms with Crippen molar-refractivity contribution in [3.63, 3.8) is 0 Å². The normalized spacial score (nSPS) is 16.4. The Kier molecular flexibility index (Phi) is 5.56. The quantitative estimate of drug-likeness (QED) is 0.281. The van der Waals surface area contributed by atoms with Gasteiger partial charge in [0.05, 0.1) is 22.3 Å². The minimum Gasteiger partial charge on any atom is -0.474 e. The number of ether oxygens (including phenoxy) is 2. The summed E-state index contributed by atoms with van der Waals surface area (Å²) >= 11 is 6.78. The van der Waals surface area contributed by atoms with Crippen molar-refractivity contribution in [2.45, 2.75) is 13.0 Å². The number of carbonyl (C=O) groups excluding carboxylic acids is 1. The smallest absolute Gasteiger partial charge is 0.407 e. The van der Waals surface area contributed by atoms with Gasteiger partial charge in [0.2, 0.25) is 11.8 Å². The van der Waals surface area contributed by atoms with Crippen LogP contribution in [0.3, 0.4) is 0 Å². The van der Waals surface area contributed by atoms with Crippen LogP contribution >= 0.6 is 11.6 Å². The van der Waals surface area contributed by atoms with Crippen LogP contribution < -0.4 is 26.4 Å². The number of fused-ring (bicyclic) bond motifs is 2. The lowest BCUT2D eigenvalue weighted by molar-refractivity contribution is 0.177. The molecule has 0 radical (unpaired) electrons. The van der Waals surface area contributed by atoms with Crippen LogP contribution in [-0.4, -0.2) is 40.8 Å². The molecule has 12 heteroatoms. The number of halogens is 2. The molecule has 10 nitrogen and oxygen atoms in total. The molecule has 37 heavy (non-hydrogen) atoms. The van der Waals surface area contributed by atoms with Gasteiger partial charge in [0.1, 0.15) is 18.9 Å². The average molecular weight is 522 g/mol. The van der Waals surface area contributed by atoms with Gasteiger partial charge in [-0.05, 0) is 18.6 Å².